The van der Waals surface area contributed by atoms with Gasteiger partial charge in [-0.1, -0.05) is 23.7 Å². The molecule has 1 heterocycles. The van der Waals surface area contributed by atoms with E-state index < -0.39 is 5.76 Å². The smallest absolute Gasteiger partial charge is 0.408 e. The molecule has 1 amide bonds. The van der Waals surface area contributed by atoms with Crippen LogP contribution in [-0.2, 0) is 18.3 Å². The number of carbonyl (C=O) groups is 1. The Bertz CT molecular complexity index is 943. The van der Waals surface area contributed by atoms with Crippen LogP contribution in [0.15, 0.2) is 51.7 Å². The molecule has 5 nitrogen and oxygen atoms in total. The fraction of sp³-hybridized carbons (Fsp3) is 0.222. The van der Waals surface area contributed by atoms with E-state index in [4.69, 9.17) is 16.0 Å². The zero-order chi connectivity index (χ0) is 17.1. The van der Waals surface area contributed by atoms with Crippen molar-refractivity contribution in [3.63, 3.8) is 0 Å². The van der Waals surface area contributed by atoms with Gasteiger partial charge in [0.25, 0.3) is 0 Å². The molecule has 0 unspecified atom stereocenters. The Hall–Kier alpha value is -2.53. The lowest BCUT2D eigenvalue weighted by Crippen LogP contribution is -2.11. The second kappa shape index (κ2) is 6.93. The predicted octanol–water partition coefficient (Wildman–Crippen LogP) is 3.75. The summed E-state index contributed by atoms with van der Waals surface area (Å²) in [7, 11) is 1.64. The van der Waals surface area contributed by atoms with Crippen LogP contribution < -0.4 is 11.1 Å². The minimum Gasteiger partial charge on any atom is -0.408 e. The van der Waals surface area contributed by atoms with Crippen molar-refractivity contribution in [1.29, 1.82) is 0 Å². The van der Waals surface area contributed by atoms with Gasteiger partial charge in [-0.2, -0.15) is 0 Å². The third-order valence-electron chi connectivity index (χ3n) is 3.83. The van der Waals surface area contributed by atoms with Crippen molar-refractivity contribution in [1.82, 2.24) is 4.57 Å². The molecule has 0 bridgehead atoms. The average molecular weight is 345 g/mol. The van der Waals surface area contributed by atoms with Crippen molar-refractivity contribution in [2.45, 2.75) is 19.3 Å². The van der Waals surface area contributed by atoms with Crippen LogP contribution >= 0.6 is 11.6 Å². The van der Waals surface area contributed by atoms with Gasteiger partial charge >= 0.3 is 5.76 Å². The highest BCUT2D eigenvalue weighted by molar-refractivity contribution is 6.30. The number of oxazole rings is 1. The fourth-order valence-corrected chi connectivity index (χ4v) is 2.79. The van der Waals surface area contributed by atoms with Crippen molar-refractivity contribution in [2.75, 3.05) is 5.32 Å². The lowest BCUT2D eigenvalue weighted by molar-refractivity contribution is -0.116. The molecule has 0 radical (unpaired) electrons. The van der Waals surface area contributed by atoms with Gasteiger partial charge in [0.1, 0.15) is 0 Å². The average Bonchev–Trinajstić information content (AvgIpc) is 2.81. The van der Waals surface area contributed by atoms with Crippen LogP contribution in [-0.4, -0.2) is 10.5 Å². The standard InChI is InChI=1S/C18H17ClN2O3/c1-21-15-9-8-14(11-16(15)24-18(21)23)20-17(22)7-3-5-12-4-2-6-13(19)10-12/h2,4,6,8-11H,3,5,7H2,1H3,(H,20,22). The van der Waals surface area contributed by atoms with E-state index in [2.05, 4.69) is 5.32 Å². The summed E-state index contributed by atoms with van der Waals surface area (Å²) in [4.78, 5) is 23.5. The molecule has 2 aromatic carbocycles. The van der Waals surface area contributed by atoms with Crippen molar-refractivity contribution in [2.24, 2.45) is 7.05 Å². The predicted molar refractivity (Wildman–Crippen MR) is 94.5 cm³/mol. The Kier molecular flexibility index (Phi) is 4.71. The van der Waals surface area contributed by atoms with Crippen molar-refractivity contribution < 1.29 is 9.21 Å². The molecule has 0 spiro atoms. The van der Waals surface area contributed by atoms with Crippen LogP contribution in [0.1, 0.15) is 18.4 Å². The number of carbonyl (C=O) groups excluding carboxylic acids is 1. The highest BCUT2D eigenvalue weighted by Gasteiger charge is 2.08. The van der Waals surface area contributed by atoms with E-state index in [1.165, 1.54) is 4.57 Å². The SMILES string of the molecule is Cn1c(=O)oc2cc(NC(=O)CCCc3cccc(Cl)c3)ccc21. The van der Waals surface area contributed by atoms with Gasteiger partial charge in [0, 0.05) is 30.2 Å². The van der Waals surface area contributed by atoms with Gasteiger partial charge in [0.15, 0.2) is 5.58 Å². The summed E-state index contributed by atoms with van der Waals surface area (Å²) in [6.45, 7) is 0. The van der Waals surface area contributed by atoms with E-state index >= 15 is 0 Å². The number of nitrogens with one attached hydrogen (secondary N) is 1. The fourth-order valence-electron chi connectivity index (χ4n) is 2.58. The molecule has 24 heavy (non-hydrogen) atoms. The molecular formula is C18H17ClN2O3. The number of rotatable bonds is 5. The van der Waals surface area contributed by atoms with Gasteiger partial charge in [-0.25, -0.2) is 4.79 Å². The van der Waals surface area contributed by atoms with Crippen LogP contribution in [0.25, 0.3) is 11.1 Å². The number of hydrogen-bond donors (Lipinski definition) is 1. The third-order valence-corrected chi connectivity index (χ3v) is 4.07. The van der Waals surface area contributed by atoms with Gasteiger partial charge in [-0.05, 0) is 42.7 Å². The number of aromatic nitrogens is 1. The molecule has 0 aliphatic rings. The first-order valence-electron chi connectivity index (χ1n) is 7.67. The molecule has 0 fully saturated rings. The largest absolute Gasteiger partial charge is 0.419 e. The highest BCUT2D eigenvalue weighted by atomic mass is 35.5. The Balaban J connectivity index is 1.57. The van der Waals surface area contributed by atoms with Crippen molar-refractivity contribution in [3.8, 4) is 0 Å². The first-order chi connectivity index (χ1) is 11.5. The van der Waals surface area contributed by atoms with Crippen LogP contribution in [0.5, 0.6) is 0 Å². The van der Waals surface area contributed by atoms with Crippen LogP contribution in [0.2, 0.25) is 5.02 Å². The van der Waals surface area contributed by atoms with Gasteiger partial charge in [-0.15, -0.1) is 0 Å². The summed E-state index contributed by atoms with van der Waals surface area (Å²) in [6, 6.07) is 12.8. The Morgan fingerprint density at radius 1 is 1.25 bits per heavy atom. The second-order valence-electron chi connectivity index (χ2n) is 5.64. The molecule has 124 valence electrons. The first kappa shape index (κ1) is 16.3. The Morgan fingerprint density at radius 3 is 2.88 bits per heavy atom. The van der Waals surface area contributed by atoms with Crippen LogP contribution in [0, 0.1) is 0 Å². The normalized spacial score (nSPS) is 10.9. The molecule has 0 saturated heterocycles. The first-order valence-corrected chi connectivity index (χ1v) is 8.04. The number of halogens is 1. The zero-order valence-electron chi connectivity index (χ0n) is 13.2. The van der Waals surface area contributed by atoms with Gasteiger partial charge in [-0.3, -0.25) is 9.36 Å². The monoisotopic (exact) mass is 344 g/mol. The molecule has 6 heteroatoms. The van der Waals surface area contributed by atoms with Gasteiger partial charge in [0.2, 0.25) is 5.91 Å². The van der Waals surface area contributed by atoms with Gasteiger partial charge in [0.05, 0.1) is 5.52 Å². The quantitative estimate of drug-likeness (QED) is 0.766. The van der Waals surface area contributed by atoms with Gasteiger partial charge < -0.3 is 9.73 Å². The maximum absolute atomic E-state index is 12.0. The van der Waals surface area contributed by atoms with E-state index in [0.29, 0.717) is 28.2 Å². The summed E-state index contributed by atoms with van der Waals surface area (Å²) in [6.07, 6.45) is 1.93. The van der Waals surface area contributed by atoms with Crippen molar-refractivity contribution in [3.05, 3.63) is 63.6 Å². The number of benzene rings is 2. The number of hydrogen-bond acceptors (Lipinski definition) is 3. The third kappa shape index (κ3) is 3.68. The zero-order valence-corrected chi connectivity index (χ0v) is 14.0. The molecular weight excluding hydrogens is 328 g/mol. The maximum atomic E-state index is 12.0. The van der Waals surface area contributed by atoms with E-state index in [1.54, 1.807) is 25.2 Å². The number of amides is 1. The Morgan fingerprint density at radius 2 is 2.08 bits per heavy atom. The summed E-state index contributed by atoms with van der Waals surface area (Å²) >= 11 is 5.94. The maximum Gasteiger partial charge on any atom is 0.419 e. The molecule has 0 aliphatic carbocycles. The highest BCUT2D eigenvalue weighted by Crippen LogP contribution is 2.18. The number of nitrogens with zero attached hydrogens (tertiary/aromatic N) is 1. The lowest BCUT2D eigenvalue weighted by Gasteiger charge is -2.05. The topological polar surface area (TPSA) is 64.2 Å². The molecule has 1 N–H and O–H groups in total. The van der Waals surface area contributed by atoms with E-state index in [9.17, 15) is 9.59 Å². The lowest BCUT2D eigenvalue weighted by atomic mass is 10.1. The number of fused-ring (bicyclic) bond motifs is 1. The van der Waals surface area contributed by atoms with E-state index in [1.807, 2.05) is 24.3 Å². The Labute approximate surface area is 143 Å². The minimum absolute atomic E-state index is 0.0744. The molecule has 0 aliphatic heterocycles. The number of aryl methyl sites for hydroxylation is 2. The molecule has 3 rings (SSSR count). The molecule has 0 saturated carbocycles. The summed E-state index contributed by atoms with van der Waals surface area (Å²) < 4.78 is 6.54. The van der Waals surface area contributed by atoms with Crippen LogP contribution in [0.3, 0.4) is 0 Å². The molecule has 3 aromatic rings. The second-order valence-corrected chi connectivity index (χ2v) is 6.08. The summed E-state index contributed by atoms with van der Waals surface area (Å²) in [5, 5.41) is 3.53. The summed E-state index contributed by atoms with van der Waals surface area (Å²) in [5.74, 6) is -0.496. The van der Waals surface area contributed by atoms with E-state index in [-0.39, 0.29) is 5.91 Å². The number of anilines is 1. The van der Waals surface area contributed by atoms with Crippen LogP contribution in [0.4, 0.5) is 5.69 Å². The van der Waals surface area contributed by atoms with Crippen molar-refractivity contribution >= 4 is 34.3 Å². The van der Waals surface area contributed by atoms with E-state index in [0.717, 1.165) is 18.4 Å². The molecule has 0 atom stereocenters. The minimum atomic E-state index is -0.421. The molecule has 1 aromatic heterocycles. The summed E-state index contributed by atoms with van der Waals surface area (Å²) in [5.41, 5.74) is 2.88.